The largest absolute Gasteiger partial charge is 0.310 e. The lowest BCUT2D eigenvalue weighted by Gasteiger charge is -2.28. The fraction of sp³-hybridized carbons (Fsp3) is 0.0476. The molecule has 3 nitrogen and oxygen atoms in total. The van der Waals surface area contributed by atoms with Gasteiger partial charge in [0.15, 0.2) is 0 Å². The third-order valence-corrected chi connectivity index (χ3v) is 14.1. The number of hydrogen-bond donors (Lipinski definition) is 0. The van der Waals surface area contributed by atoms with Crippen LogP contribution in [-0.4, -0.2) is 9.13 Å². The van der Waals surface area contributed by atoms with Gasteiger partial charge in [-0.15, -0.1) is 0 Å². The molecule has 13 rings (SSSR count). The Morgan fingerprint density at radius 3 is 1.52 bits per heavy atom. The van der Waals surface area contributed by atoms with Crippen LogP contribution in [0.5, 0.6) is 0 Å². The lowest BCUT2D eigenvalue weighted by Crippen LogP contribution is -2.16. The maximum atomic E-state index is 2.47. The van der Waals surface area contributed by atoms with E-state index in [-0.39, 0.29) is 5.41 Å². The Bertz CT molecular complexity index is 3800. The summed E-state index contributed by atoms with van der Waals surface area (Å²) in [6.45, 7) is 4.71. The van der Waals surface area contributed by atoms with E-state index in [9.17, 15) is 0 Å². The van der Waals surface area contributed by atoms with Crippen molar-refractivity contribution < 1.29 is 0 Å². The number of anilines is 3. The molecule has 66 heavy (non-hydrogen) atoms. The third-order valence-electron chi connectivity index (χ3n) is 14.1. The lowest BCUT2D eigenvalue weighted by molar-refractivity contribution is 0.660. The van der Waals surface area contributed by atoms with Crippen LogP contribution in [0, 0.1) is 0 Å². The normalized spacial score (nSPS) is 12.8. The summed E-state index contributed by atoms with van der Waals surface area (Å²) in [5, 5.41) is 5.02. The summed E-state index contributed by atoms with van der Waals surface area (Å²) in [6, 6.07) is 86.7. The summed E-state index contributed by atoms with van der Waals surface area (Å²) >= 11 is 0. The van der Waals surface area contributed by atoms with Gasteiger partial charge in [0.2, 0.25) is 0 Å². The number of fused-ring (bicyclic) bond motifs is 10. The van der Waals surface area contributed by atoms with Crippen molar-refractivity contribution in [1.29, 1.82) is 0 Å². The van der Waals surface area contributed by atoms with Gasteiger partial charge in [0.1, 0.15) is 0 Å². The van der Waals surface area contributed by atoms with Gasteiger partial charge < -0.3 is 14.0 Å². The average Bonchev–Trinajstić information content (AvgIpc) is 3.98. The molecule has 0 saturated carbocycles. The molecule has 312 valence electrons. The van der Waals surface area contributed by atoms with E-state index in [1.54, 1.807) is 0 Å². The smallest absolute Gasteiger partial charge is 0.0641 e. The fourth-order valence-electron chi connectivity index (χ4n) is 11.0. The van der Waals surface area contributed by atoms with Crippen molar-refractivity contribution in [1.82, 2.24) is 9.13 Å². The average molecular weight is 844 g/mol. The molecule has 0 atom stereocenters. The van der Waals surface area contributed by atoms with Crippen molar-refractivity contribution in [2.75, 3.05) is 4.90 Å². The number of rotatable bonds is 7. The van der Waals surface area contributed by atoms with E-state index >= 15 is 0 Å². The molecule has 10 aromatic carbocycles. The van der Waals surface area contributed by atoms with Gasteiger partial charge in [-0.05, 0) is 123 Å². The van der Waals surface area contributed by atoms with Crippen molar-refractivity contribution in [2.45, 2.75) is 19.3 Å². The summed E-state index contributed by atoms with van der Waals surface area (Å²) in [7, 11) is 0. The molecule has 1 aliphatic carbocycles. The standard InChI is InChI=1S/C63H45N3/c1-63(2)56-22-12-9-19-51(56)52-38-37-50(41-57(52)63)64(47-31-25-43(26-32-47)42-15-5-3-6-16-42)48-33-27-44(28-34-48)45-29-35-49(36-30-45)66-58-23-13-10-20-53(58)54-39-40-60-61(62(54)66)55-21-11-14-24-59(55)65(60)46-17-7-4-8-18-46/h3-41H,1-2H3. The van der Waals surface area contributed by atoms with Crippen molar-refractivity contribution in [3.05, 3.63) is 248 Å². The fourth-order valence-corrected chi connectivity index (χ4v) is 11.0. The molecule has 0 spiro atoms. The molecule has 3 heteroatoms. The van der Waals surface area contributed by atoms with Gasteiger partial charge in [0.05, 0.1) is 22.1 Å². The van der Waals surface area contributed by atoms with E-state index in [0.717, 1.165) is 28.4 Å². The van der Waals surface area contributed by atoms with E-state index in [1.165, 1.54) is 88.1 Å². The van der Waals surface area contributed by atoms with Gasteiger partial charge in [-0.2, -0.15) is 0 Å². The highest BCUT2D eigenvalue weighted by Gasteiger charge is 2.35. The van der Waals surface area contributed by atoms with Crippen LogP contribution in [0.3, 0.4) is 0 Å². The number of hydrogen-bond acceptors (Lipinski definition) is 1. The second-order valence-electron chi connectivity index (χ2n) is 18.1. The van der Waals surface area contributed by atoms with E-state index in [2.05, 4.69) is 264 Å². The lowest BCUT2D eigenvalue weighted by atomic mass is 9.82. The molecule has 0 bridgehead atoms. The van der Waals surface area contributed by atoms with Gasteiger partial charge in [0.25, 0.3) is 0 Å². The molecule has 0 unspecified atom stereocenters. The third kappa shape index (κ3) is 5.83. The van der Waals surface area contributed by atoms with Crippen LogP contribution < -0.4 is 4.90 Å². The minimum absolute atomic E-state index is 0.104. The molecule has 0 N–H and O–H groups in total. The first-order valence-corrected chi connectivity index (χ1v) is 22.9. The molecular formula is C63H45N3. The van der Waals surface area contributed by atoms with E-state index in [0.29, 0.717) is 0 Å². The Kier molecular flexibility index (Phi) is 8.56. The van der Waals surface area contributed by atoms with Crippen molar-refractivity contribution in [3.63, 3.8) is 0 Å². The number of para-hydroxylation sites is 3. The molecule has 0 amide bonds. The summed E-state index contributed by atoms with van der Waals surface area (Å²) < 4.78 is 4.88. The van der Waals surface area contributed by atoms with Crippen LogP contribution in [0.1, 0.15) is 25.0 Å². The number of benzene rings is 10. The molecule has 2 aromatic heterocycles. The first kappa shape index (κ1) is 38.1. The highest BCUT2D eigenvalue weighted by atomic mass is 15.1. The maximum Gasteiger partial charge on any atom is 0.0641 e. The van der Waals surface area contributed by atoms with E-state index in [4.69, 9.17) is 0 Å². The van der Waals surface area contributed by atoms with Gasteiger partial charge in [-0.1, -0.05) is 172 Å². The molecule has 1 aliphatic rings. The van der Waals surface area contributed by atoms with Crippen LogP contribution in [0.2, 0.25) is 0 Å². The Balaban J connectivity index is 0.904. The summed E-state index contributed by atoms with van der Waals surface area (Å²) in [4.78, 5) is 2.40. The predicted molar refractivity (Wildman–Crippen MR) is 278 cm³/mol. The quantitative estimate of drug-likeness (QED) is 0.156. The van der Waals surface area contributed by atoms with Crippen LogP contribution in [0.25, 0.3) is 88.4 Å². The zero-order valence-electron chi connectivity index (χ0n) is 36.9. The zero-order valence-corrected chi connectivity index (χ0v) is 36.9. The zero-order chi connectivity index (χ0) is 43.9. The second-order valence-corrected chi connectivity index (χ2v) is 18.1. The van der Waals surface area contributed by atoms with Crippen molar-refractivity contribution in [2.24, 2.45) is 0 Å². The molecule has 0 radical (unpaired) electrons. The molecule has 12 aromatic rings. The molecule has 0 aliphatic heterocycles. The van der Waals surface area contributed by atoms with Crippen LogP contribution in [0.4, 0.5) is 17.1 Å². The Labute approximate surface area is 384 Å². The predicted octanol–water partition coefficient (Wildman–Crippen LogP) is 17.0. The molecule has 2 heterocycles. The van der Waals surface area contributed by atoms with Gasteiger partial charge in [-0.3, -0.25) is 0 Å². The minimum atomic E-state index is -0.104. The van der Waals surface area contributed by atoms with E-state index in [1.807, 2.05) is 0 Å². The maximum absolute atomic E-state index is 2.47. The van der Waals surface area contributed by atoms with Gasteiger partial charge in [0, 0.05) is 55.4 Å². The summed E-state index contributed by atoms with van der Waals surface area (Å²) in [6.07, 6.45) is 0. The van der Waals surface area contributed by atoms with Gasteiger partial charge >= 0.3 is 0 Å². The first-order chi connectivity index (χ1) is 32.5. The van der Waals surface area contributed by atoms with Crippen LogP contribution >= 0.6 is 0 Å². The molecule has 0 saturated heterocycles. The Morgan fingerprint density at radius 2 is 0.833 bits per heavy atom. The Morgan fingerprint density at radius 1 is 0.333 bits per heavy atom. The topological polar surface area (TPSA) is 13.1 Å². The Hall–Kier alpha value is -8.40. The minimum Gasteiger partial charge on any atom is -0.310 e. The van der Waals surface area contributed by atoms with Crippen LogP contribution in [-0.2, 0) is 5.41 Å². The summed E-state index contributed by atoms with van der Waals surface area (Å²) in [5.41, 5.74) is 20.6. The van der Waals surface area contributed by atoms with Crippen molar-refractivity contribution >= 4 is 60.7 Å². The summed E-state index contributed by atoms with van der Waals surface area (Å²) in [5.74, 6) is 0. The SMILES string of the molecule is CC1(C)c2ccccc2-c2ccc(N(c3ccc(-c4ccccc4)cc3)c3ccc(-c4ccc(-n5c6ccccc6c6ccc7c(c8ccccc8n7-c7ccccc7)c65)cc4)cc3)cc21. The number of aromatic nitrogens is 2. The highest BCUT2D eigenvalue weighted by molar-refractivity contribution is 6.26. The molecular weight excluding hydrogens is 799 g/mol. The number of nitrogens with zero attached hydrogens (tertiary/aromatic N) is 3. The first-order valence-electron chi connectivity index (χ1n) is 22.9. The highest BCUT2D eigenvalue weighted by Crippen LogP contribution is 2.51. The van der Waals surface area contributed by atoms with E-state index < -0.39 is 0 Å². The monoisotopic (exact) mass is 843 g/mol. The van der Waals surface area contributed by atoms with Crippen molar-refractivity contribution in [3.8, 4) is 44.8 Å². The van der Waals surface area contributed by atoms with Crippen LogP contribution in [0.15, 0.2) is 237 Å². The molecule has 0 fully saturated rings. The van der Waals surface area contributed by atoms with Gasteiger partial charge in [-0.25, -0.2) is 0 Å². The second kappa shape index (κ2) is 14.8.